The highest BCUT2D eigenvalue weighted by Crippen LogP contribution is 1.62. The predicted octanol–water partition coefficient (Wildman–Crippen LogP) is 1.35. The molecule has 0 amide bonds. The van der Waals surface area contributed by atoms with E-state index in [1.807, 2.05) is 33.0 Å². The van der Waals surface area contributed by atoms with Gasteiger partial charge in [0.15, 0.2) is 0 Å². The summed E-state index contributed by atoms with van der Waals surface area (Å²) in [5.41, 5.74) is 0. The number of nitrogens with zero attached hydrogens (tertiary/aromatic N) is 2. The number of halogens is 2. The van der Waals surface area contributed by atoms with Crippen molar-refractivity contribution in [2.24, 2.45) is 0 Å². The van der Waals surface area contributed by atoms with Crippen LogP contribution in [-0.4, -0.2) is 49.9 Å². The Hall–Kier alpha value is 0.460. The van der Waals surface area contributed by atoms with Crippen LogP contribution in [-0.2, 0) is 0 Å². The van der Waals surface area contributed by atoms with Crippen LogP contribution < -0.4 is 0 Å². The van der Waals surface area contributed by atoms with Crippen molar-refractivity contribution >= 4 is 24.8 Å². The first-order chi connectivity index (χ1) is 4.00. The second-order valence-electron chi connectivity index (χ2n) is 2.32. The average Bonchev–Trinajstić information content (AvgIpc) is 1.65. The van der Waals surface area contributed by atoms with Gasteiger partial charge in [-0.15, -0.1) is 24.8 Å². The van der Waals surface area contributed by atoms with Crippen LogP contribution in [0.15, 0.2) is 0 Å². The lowest BCUT2D eigenvalue weighted by Gasteiger charge is -1.98. The lowest BCUT2D eigenvalue weighted by atomic mass is 10.8. The molecule has 0 rings (SSSR count). The fourth-order valence-electron chi connectivity index (χ4n) is 0. The van der Waals surface area contributed by atoms with Gasteiger partial charge in [-0.1, -0.05) is 6.92 Å². The summed E-state index contributed by atoms with van der Waals surface area (Å²) in [7, 11) is 7.61. The molecule has 0 spiro atoms. The smallest absolute Gasteiger partial charge is 0.0206 e. The monoisotopic (exact) mass is 206 g/mol. The van der Waals surface area contributed by atoms with Gasteiger partial charge >= 0.3 is 0 Å². The summed E-state index contributed by atoms with van der Waals surface area (Å²) in [4.78, 5) is 2.00. The predicted molar refractivity (Wildman–Crippen MR) is 54.2 cm³/mol. The molecule has 1 N–H and O–H groups in total. The molecule has 0 bridgehead atoms. The van der Waals surface area contributed by atoms with Gasteiger partial charge in [-0.2, -0.15) is 5.06 Å². The zero-order valence-corrected chi connectivity index (χ0v) is 9.50. The molecule has 0 heterocycles. The summed E-state index contributed by atoms with van der Waals surface area (Å²) >= 11 is 0. The van der Waals surface area contributed by atoms with Gasteiger partial charge < -0.3 is 10.1 Å². The molecule has 0 atom stereocenters. The van der Waals surface area contributed by atoms with Gasteiger partial charge in [0.2, 0.25) is 0 Å². The van der Waals surface area contributed by atoms with Crippen LogP contribution in [0.4, 0.5) is 0 Å². The molecule has 0 aliphatic carbocycles. The molecule has 3 nitrogen and oxygen atoms in total. The van der Waals surface area contributed by atoms with Crippen molar-refractivity contribution in [3.8, 4) is 0 Å². The van der Waals surface area contributed by atoms with Gasteiger partial charge in [0, 0.05) is 13.6 Å². The maximum absolute atomic E-state index is 8.19. The summed E-state index contributed by atoms with van der Waals surface area (Å²) in [5.74, 6) is 0. The minimum atomic E-state index is 0. The van der Waals surface area contributed by atoms with Gasteiger partial charge in [0.1, 0.15) is 0 Å². The van der Waals surface area contributed by atoms with E-state index in [-0.39, 0.29) is 24.8 Å². The molecule has 0 radical (unpaired) electrons. The van der Waals surface area contributed by atoms with E-state index >= 15 is 0 Å². The molecular formula is C6H20Cl2N2O. The van der Waals surface area contributed by atoms with Crippen LogP contribution in [0.3, 0.4) is 0 Å². The molecule has 0 aliphatic rings. The van der Waals surface area contributed by atoms with E-state index in [9.17, 15) is 0 Å². The molecule has 5 heteroatoms. The van der Waals surface area contributed by atoms with Gasteiger partial charge in [-0.3, -0.25) is 0 Å². The molecule has 0 aliphatic heterocycles. The molecule has 0 aromatic heterocycles. The van der Waals surface area contributed by atoms with Crippen LogP contribution in [0.5, 0.6) is 0 Å². The Kier molecular flexibility index (Phi) is 34.5. The molecule has 0 saturated carbocycles. The molecule has 0 aromatic rings. The Morgan fingerprint density at radius 3 is 1.09 bits per heavy atom. The quantitative estimate of drug-likeness (QED) is 0.657. The van der Waals surface area contributed by atoms with E-state index < -0.39 is 0 Å². The van der Waals surface area contributed by atoms with Crippen molar-refractivity contribution in [1.29, 1.82) is 0 Å². The van der Waals surface area contributed by atoms with Crippen molar-refractivity contribution in [3.05, 3.63) is 0 Å². The molecule has 0 fully saturated rings. The first-order valence-corrected chi connectivity index (χ1v) is 3.01. The number of hydrogen-bond acceptors (Lipinski definition) is 3. The third kappa shape index (κ3) is 124. The topological polar surface area (TPSA) is 26.7 Å². The normalized spacial score (nSPS) is 7.64. The van der Waals surface area contributed by atoms with Gasteiger partial charge in [0.25, 0.3) is 0 Å². The molecule has 0 saturated heterocycles. The van der Waals surface area contributed by atoms with Crippen molar-refractivity contribution in [2.45, 2.75) is 6.92 Å². The summed E-state index contributed by atoms with van der Waals surface area (Å²) < 4.78 is 0. The summed E-state index contributed by atoms with van der Waals surface area (Å²) in [6, 6.07) is 0. The minimum absolute atomic E-state index is 0. The first kappa shape index (κ1) is 22.5. The number of rotatable bonds is 1. The standard InChI is InChI=1S/C3H9NO.C3H9N.2ClH/c1-3-4(2)5;1-4(2)3;;/h5H,3H2,1-2H3;1-3H3;2*1H. The average molecular weight is 207 g/mol. The van der Waals surface area contributed by atoms with Crippen molar-refractivity contribution in [1.82, 2.24) is 9.96 Å². The van der Waals surface area contributed by atoms with Gasteiger partial charge in [-0.25, -0.2) is 0 Å². The largest absolute Gasteiger partial charge is 0.314 e. The highest BCUT2D eigenvalue weighted by molar-refractivity contribution is 5.85. The lowest BCUT2D eigenvalue weighted by Crippen LogP contribution is -2.09. The summed E-state index contributed by atoms with van der Waals surface area (Å²) in [6.45, 7) is 2.57. The van der Waals surface area contributed by atoms with Crippen molar-refractivity contribution in [2.75, 3.05) is 34.7 Å². The van der Waals surface area contributed by atoms with Gasteiger partial charge in [0.05, 0.1) is 0 Å². The molecule has 0 aromatic carbocycles. The number of hydrogen-bond donors (Lipinski definition) is 1. The molecule has 74 valence electrons. The highest BCUT2D eigenvalue weighted by atomic mass is 35.5. The van der Waals surface area contributed by atoms with Crippen LogP contribution in [0.1, 0.15) is 6.92 Å². The third-order valence-electron chi connectivity index (χ3n) is 0.458. The van der Waals surface area contributed by atoms with Crippen LogP contribution in [0.2, 0.25) is 0 Å². The molecular weight excluding hydrogens is 187 g/mol. The summed E-state index contributed by atoms with van der Waals surface area (Å²) in [6.07, 6.45) is 0. The van der Waals surface area contributed by atoms with E-state index in [2.05, 4.69) is 0 Å². The Labute approximate surface area is 82.1 Å². The highest BCUT2D eigenvalue weighted by Gasteiger charge is 1.74. The van der Waals surface area contributed by atoms with Gasteiger partial charge in [-0.05, 0) is 21.1 Å². The zero-order chi connectivity index (χ0) is 7.86. The van der Waals surface area contributed by atoms with Crippen molar-refractivity contribution in [3.63, 3.8) is 0 Å². The van der Waals surface area contributed by atoms with E-state index in [1.165, 1.54) is 0 Å². The SMILES string of the molecule is CCN(C)O.CN(C)C.Cl.Cl. The number of hydroxylamine groups is 2. The first-order valence-electron chi connectivity index (χ1n) is 3.01. The molecule has 0 unspecified atom stereocenters. The van der Waals surface area contributed by atoms with Crippen LogP contribution in [0, 0.1) is 0 Å². The maximum atomic E-state index is 8.19. The molecule has 11 heavy (non-hydrogen) atoms. The minimum Gasteiger partial charge on any atom is -0.314 e. The maximum Gasteiger partial charge on any atom is 0.0206 e. The van der Waals surface area contributed by atoms with E-state index in [1.54, 1.807) is 7.05 Å². The van der Waals surface area contributed by atoms with Crippen LogP contribution in [0.25, 0.3) is 0 Å². The van der Waals surface area contributed by atoms with E-state index in [4.69, 9.17) is 5.21 Å². The Morgan fingerprint density at radius 1 is 1.00 bits per heavy atom. The lowest BCUT2D eigenvalue weighted by molar-refractivity contribution is -0.0596. The second kappa shape index (κ2) is 16.8. The Morgan fingerprint density at radius 2 is 1.09 bits per heavy atom. The van der Waals surface area contributed by atoms with E-state index in [0.717, 1.165) is 5.06 Å². The second-order valence-corrected chi connectivity index (χ2v) is 2.32. The Balaban J connectivity index is -0.0000000383. The fourth-order valence-corrected chi connectivity index (χ4v) is 0. The van der Waals surface area contributed by atoms with Crippen molar-refractivity contribution < 1.29 is 5.21 Å². The zero-order valence-electron chi connectivity index (χ0n) is 7.87. The summed E-state index contributed by atoms with van der Waals surface area (Å²) in [5, 5.41) is 9.32. The van der Waals surface area contributed by atoms with E-state index in [0.29, 0.717) is 6.54 Å². The Bertz CT molecular complexity index is 51.1. The fraction of sp³-hybridized carbons (Fsp3) is 1.00. The third-order valence-corrected chi connectivity index (χ3v) is 0.458. The van der Waals surface area contributed by atoms with Crippen LogP contribution >= 0.6 is 24.8 Å².